The van der Waals surface area contributed by atoms with Crippen LogP contribution in [-0.4, -0.2) is 28.8 Å². The number of carbonyl (C=O) groups excluding carboxylic acids is 1. The minimum atomic E-state index is -0.554. The monoisotopic (exact) mass is 435 g/mol. The van der Waals surface area contributed by atoms with Gasteiger partial charge in [-0.15, -0.1) is 0 Å². The van der Waals surface area contributed by atoms with Crippen LogP contribution in [-0.2, 0) is 17.8 Å². The Bertz CT molecular complexity index is 1130. The number of nitrogens with zero attached hydrogens (tertiary/aromatic N) is 3. The molecule has 3 N–H and O–H groups in total. The Balaban J connectivity index is 1.65. The first kappa shape index (κ1) is 22.2. The number of nitro groups is 1. The lowest BCUT2D eigenvalue weighted by Gasteiger charge is -2.09. The van der Waals surface area contributed by atoms with Gasteiger partial charge < -0.3 is 15.2 Å². The van der Waals surface area contributed by atoms with Crippen LogP contribution in [0.3, 0.4) is 0 Å². The molecule has 1 aromatic heterocycles. The maximum Gasteiger partial charge on any atom is 0.311 e. The molecule has 10 nitrogen and oxygen atoms in total. The number of nitrogens with two attached hydrogens (primary N) is 1. The van der Waals surface area contributed by atoms with Crippen LogP contribution in [0.25, 0.3) is 0 Å². The van der Waals surface area contributed by atoms with Crippen molar-refractivity contribution in [2.75, 3.05) is 7.11 Å². The summed E-state index contributed by atoms with van der Waals surface area (Å²) in [4.78, 5) is 27.0. The molecule has 3 rings (SSSR count). The zero-order valence-corrected chi connectivity index (χ0v) is 17.2. The lowest BCUT2D eigenvalue weighted by Crippen LogP contribution is -2.25. The first-order chi connectivity index (χ1) is 15.5. The maximum atomic E-state index is 12.2. The number of hydrogen-bond acceptors (Lipinski definition) is 7. The average Bonchev–Trinajstić information content (AvgIpc) is 2.82. The topological polar surface area (TPSA) is 142 Å². The third-order valence-electron chi connectivity index (χ3n) is 4.39. The van der Waals surface area contributed by atoms with Crippen molar-refractivity contribution in [3.63, 3.8) is 0 Å². The van der Waals surface area contributed by atoms with Crippen molar-refractivity contribution in [1.82, 2.24) is 10.4 Å². The summed E-state index contributed by atoms with van der Waals surface area (Å²) in [5, 5.41) is 15.3. The summed E-state index contributed by atoms with van der Waals surface area (Å²) in [5.74, 6) is 0.408. The molecule has 0 aliphatic heterocycles. The highest BCUT2D eigenvalue weighted by molar-refractivity contribution is 5.97. The smallest absolute Gasteiger partial charge is 0.311 e. The molecule has 0 atom stereocenters. The van der Waals surface area contributed by atoms with Gasteiger partial charge in [-0.25, -0.2) is 5.43 Å². The van der Waals surface area contributed by atoms with Gasteiger partial charge in [0.15, 0.2) is 11.6 Å². The summed E-state index contributed by atoms with van der Waals surface area (Å²) >= 11 is 0. The van der Waals surface area contributed by atoms with Gasteiger partial charge in [-0.3, -0.25) is 19.9 Å². The summed E-state index contributed by atoms with van der Waals surface area (Å²) < 4.78 is 10.8. The second kappa shape index (κ2) is 10.5. The number of amides is 1. The highest BCUT2D eigenvalue weighted by atomic mass is 16.6. The molecule has 0 spiro atoms. The van der Waals surface area contributed by atoms with E-state index in [0.717, 1.165) is 5.56 Å². The molecule has 0 fully saturated rings. The zero-order valence-electron chi connectivity index (χ0n) is 17.2. The molecule has 32 heavy (non-hydrogen) atoms. The summed E-state index contributed by atoms with van der Waals surface area (Å²) in [6, 6.07) is 14.9. The normalized spacial score (nSPS) is 11.0. The van der Waals surface area contributed by atoms with Crippen LogP contribution in [0.5, 0.6) is 11.5 Å². The number of amidine groups is 1. The van der Waals surface area contributed by atoms with Crippen LogP contribution < -0.4 is 20.6 Å². The van der Waals surface area contributed by atoms with Gasteiger partial charge in [-0.2, -0.15) is 5.10 Å². The van der Waals surface area contributed by atoms with Gasteiger partial charge in [0, 0.05) is 24.0 Å². The van der Waals surface area contributed by atoms with Crippen LogP contribution in [0.2, 0.25) is 0 Å². The molecule has 2 aromatic carbocycles. The number of carbonyl (C=O) groups is 1. The Morgan fingerprint density at radius 1 is 1.16 bits per heavy atom. The van der Waals surface area contributed by atoms with Crippen molar-refractivity contribution in [1.29, 1.82) is 0 Å². The minimum Gasteiger partial charge on any atom is -0.497 e. The molecular formula is C22H21N5O5. The number of aromatic nitrogens is 1. The molecule has 0 saturated carbocycles. The van der Waals surface area contributed by atoms with Gasteiger partial charge in [-0.1, -0.05) is 18.2 Å². The summed E-state index contributed by atoms with van der Waals surface area (Å²) in [6.45, 7) is 0.126. The lowest BCUT2D eigenvalue weighted by molar-refractivity contribution is -0.386. The van der Waals surface area contributed by atoms with Crippen LogP contribution in [0.4, 0.5) is 5.69 Å². The highest BCUT2D eigenvalue weighted by Gasteiger charge is 2.17. The number of hydrogen-bond donors (Lipinski definition) is 2. The van der Waals surface area contributed by atoms with Gasteiger partial charge in [-0.05, 0) is 41.5 Å². The van der Waals surface area contributed by atoms with Gasteiger partial charge in [0.1, 0.15) is 12.4 Å². The summed E-state index contributed by atoms with van der Waals surface area (Å²) in [7, 11) is 1.55. The van der Waals surface area contributed by atoms with E-state index in [1.165, 1.54) is 12.1 Å². The van der Waals surface area contributed by atoms with Gasteiger partial charge >= 0.3 is 5.69 Å². The molecule has 164 valence electrons. The van der Waals surface area contributed by atoms with Gasteiger partial charge in [0.2, 0.25) is 5.91 Å². The Morgan fingerprint density at radius 3 is 2.66 bits per heavy atom. The molecule has 3 aromatic rings. The lowest BCUT2D eigenvalue weighted by atomic mass is 10.1. The van der Waals surface area contributed by atoms with Crippen molar-refractivity contribution < 1.29 is 19.2 Å². The number of nitrogens with one attached hydrogen (secondary N) is 1. The largest absolute Gasteiger partial charge is 0.497 e. The first-order valence-corrected chi connectivity index (χ1v) is 9.51. The van der Waals surface area contributed by atoms with Gasteiger partial charge in [0.25, 0.3) is 0 Å². The Kier molecular flexibility index (Phi) is 7.31. The predicted octanol–water partition coefficient (Wildman–Crippen LogP) is 2.56. The van der Waals surface area contributed by atoms with Crippen molar-refractivity contribution in [3.8, 4) is 11.5 Å². The number of nitro benzene ring substituents is 1. The molecule has 1 heterocycles. The number of benzene rings is 2. The van der Waals surface area contributed by atoms with Crippen LogP contribution in [0.15, 0.2) is 72.1 Å². The Morgan fingerprint density at radius 2 is 1.94 bits per heavy atom. The summed E-state index contributed by atoms with van der Waals surface area (Å²) in [5.41, 5.74) is 9.75. The third kappa shape index (κ3) is 6.02. The second-order valence-corrected chi connectivity index (χ2v) is 6.64. The molecule has 1 amide bonds. The van der Waals surface area contributed by atoms with E-state index in [1.807, 2.05) is 6.07 Å². The van der Waals surface area contributed by atoms with Crippen molar-refractivity contribution in [3.05, 3.63) is 93.8 Å². The summed E-state index contributed by atoms with van der Waals surface area (Å²) in [6.07, 6.45) is 2.98. The molecule has 10 heteroatoms. The highest BCUT2D eigenvalue weighted by Crippen LogP contribution is 2.29. The van der Waals surface area contributed by atoms with E-state index >= 15 is 0 Å². The number of ether oxygens (including phenoxy) is 2. The fourth-order valence-corrected chi connectivity index (χ4v) is 2.80. The fraction of sp³-hybridized carbons (Fsp3) is 0.136. The van der Waals surface area contributed by atoms with Crippen LogP contribution in [0.1, 0.15) is 16.7 Å². The molecular weight excluding hydrogens is 414 g/mol. The van der Waals surface area contributed by atoms with E-state index in [9.17, 15) is 14.9 Å². The Labute approximate surface area is 183 Å². The fourth-order valence-electron chi connectivity index (χ4n) is 2.80. The standard InChI is InChI=1S/C22H21N5O5/c1-31-18-4-2-3-16(11-18)14-32-20-6-5-15(12-19(20)27(29)30)13-21(28)25-26-22(23)17-7-9-24-10-8-17/h2-12H,13-14H2,1H3,(H2,23,26)(H,25,28). The molecule has 0 aliphatic carbocycles. The quantitative estimate of drug-likeness (QED) is 0.228. The zero-order chi connectivity index (χ0) is 22.9. The number of pyridine rings is 1. The number of rotatable bonds is 9. The van der Waals surface area contributed by atoms with E-state index in [0.29, 0.717) is 16.9 Å². The van der Waals surface area contributed by atoms with E-state index in [-0.39, 0.29) is 30.3 Å². The number of methoxy groups -OCH3 is 1. The molecule has 0 radical (unpaired) electrons. The third-order valence-corrected chi connectivity index (χ3v) is 4.39. The SMILES string of the molecule is COc1cccc(COc2ccc(CC(=O)N/N=C(\N)c3ccncc3)cc2[N+](=O)[O-])c1. The van der Waals surface area contributed by atoms with E-state index in [4.69, 9.17) is 15.2 Å². The second-order valence-electron chi connectivity index (χ2n) is 6.64. The predicted molar refractivity (Wildman–Crippen MR) is 117 cm³/mol. The Hall–Kier alpha value is -4.47. The minimum absolute atomic E-state index is 0.0990. The van der Waals surface area contributed by atoms with Crippen molar-refractivity contribution >= 4 is 17.4 Å². The van der Waals surface area contributed by atoms with Gasteiger partial charge in [0.05, 0.1) is 18.5 Å². The average molecular weight is 435 g/mol. The van der Waals surface area contributed by atoms with E-state index in [2.05, 4.69) is 15.5 Å². The van der Waals surface area contributed by atoms with Crippen molar-refractivity contribution in [2.45, 2.75) is 13.0 Å². The molecule has 0 saturated heterocycles. The molecule has 0 aliphatic rings. The molecule has 0 unspecified atom stereocenters. The van der Waals surface area contributed by atoms with Crippen LogP contribution in [0, 0.1) is 10.1 Å². The van der Waals surface area contributed by atoms with Crippen LogP contribution >= 0.6 is 0 Å². The molecule has 0 bridgehead atoms. The van der Waals surface area contributed by atoms with E-state index in [1.54, 1.807) is 55.9 Å². The van der Waals surface area contributed by atoms with Crippen molar-refractivity contribution in [2.24, 2.45) is 10.8 Å². The first-order valence-electron chi connectivity index (χ1n) is 9.51. The van der Waals surface area contributed by atoms with E-state index < -0.39 is 10.8 Å². The maximum absolute atomic E-state index is 12.2. The number of hydrazone groups is 1.